The van der Waals surface area contributed by atoms with Crippen LogP contribution in [0.4, 0.5) is 16.5 Å². The highest BCUT2D eigenvalue weighted by molar-refractivity contribution is 7.15. The van der Waals surface area contributed by atoms with Gasteiger partial charge in [-0.2, -0.15) is 0 Å². The Bertz CT molecular complexity index is 823. The molecule has 0 spiro atoms. The molecule has 0 atom stereocenters. The highest BCUT2D eigenvalue weighted by Gasteiger charge is 2.24. The van der Waals surface area contributed by atoms with E-state index in [4.69, 9.17) is 0 Å². The molecule has 8 nitrogen and oxygen atoms in total. The van der Waals surface area contributed by atoms with Crippen LogP contribution in [-0.4, -0.2) is 49.0 Å². The van der Waals surface area contributed by atoms with Crippen LogP contribution >= 0.6 is 11.3 Å². The number of anilines is 2. The van der Waals surface area contributed by atoms with Crippen molar-refractivity contribution in [3.63, 3.8) is 0 Å². The number of hydrogen-bond donors (Lipinski definition) is 1. The average Bonchev–Trinajstić information content (AvgIpc) is 2.99. The average molecular weight is 375 g/mol. The number of carbonyl (C=O) groups is 1. The summed E-state index contributed by atoms with van der Waals surface area (Å²) in [5, 5.41) is 14.6. The molecule has 0 aliphatic carbocycles. The van der Waals surface area contributed by atoms with E-state index in [0.717, 1.165) is 42.7 Å². The number of nitro groups is 1. The van der Waals surface area contributed by atoms with Crippen molar-refractivity contribution in [2.45, 2.75) is 13.8 Å². The van der Waals surface area contributed by atoms with Crippen LogP contribution < -0.4 is 15.1 Å². The summed E-state index contributed by atoms with van der Waals surface area (Å²) >= 11 is 1.69. The molecular weight excluding hydrogens is 354 g/mol. The molecule has 9 heteroatoms. The minimum absolute atomic E-state index is 0.0836. The zero-order valence-corrected chi connectivity index (χ0v) is 15.8. The van der Waals surface area contributed by atoms with Gasteiger partial charge in [-0.25, -0.2) is 4.98 Å². The number of nitrogens with zero attached hydrogens (tertiary/aromatic N) is 4. The Balaban J connectivity index is 1.80. The van der Waals surface area contributed by atoms with Gasteiger partial charge in [-0.05, 0) is 19.9 Å². The Morgan fingerprint density at radius 3 is 2.42 bits per heavy atom. The normalized spacial score (nSPS) is 14.4. The molecule has 2 aromatic rings. The van der Waals surface area contributed by atoms with Gasteiger partial charge in [0.1, 0.15) is 0 Å². The molecule has 1 aliphatic heterocycles. The number of nitro benzene ring substituents is 1. The molecule has 1 aromatic heterocycles. The van der Waals surface area contributed by atoms with Crippen molar-refractivity contribution >= 4 is 33.8 Å². The van der Waals surface area contributed by atoms with Gasteiger partial charge < -0.3 is 15.1 Å². The zero-order chi connectivity index (χ0) is 18.8. The van der Waals surface area contributed by atoms with Gasteiger partial charge in [0.05, 0.1) is 21.9 Å². The van der Waals surface area contributed by atoms with Gasteiger partial charge in [-0.1, -0.05) is 0 Å². The molecule has 1 saturated heterocycles. The Morgan fingerprint density at radius 1 is 1.23 bits per heavy atom. The van der Waals surface area contributed by atoms with E-state index in [1.165, 1.54) is 24.1 Å². The Kier molecular flexibility index (Phi) is 5.08. The summed E-state index contributed by atoms with van der Waals surface area (Å²) in [5.41, 5.74) is 2.03. The minimum Gasteiger partial charge on any atom is -0.367 e. The lowest BCUT2D eigenvalue weighted by molar-refractivity contribution is -0.384. The predicted molar refractivity (Wildman–Crippen MR) is 103 cm³/mol. The molecule has 0 radical (unpaired) electrons. The molecular formula is C17H21N5O3S. The minimum atomic E-state index is -0.485. The summed E-state index contributed by atoms with van der Waals surface area (Å²) in [6, 6.07) is 4.45. The van der Waals surface area contributed by atoms with Gasteiger partial charge in [-0.3, -0.25) is 14.9 Å². The number of thiazole rings is 1. The van der Waals surface area contributed by atoms with Gasteiger partial charge in [-0.15, -0.1) is 11.3 Å². The lowest BCUT2D eigenvalue weighted by atomic mass is 10.1. The van der Waals surface area contributed by atoms with E-state index in [2.05, 4.69) is 27.0 Å². The SMILES string of the molecule is CNC(=O)c1cc([N+](=O)[O-])ccc1N1CCN(c2nc(C)c(C)s2)CC1. The standard InChI is InChI=1S/C17H21N5O3S/c1-11-12(2)26-17(19-11)21-8-6-20(7-9-21)15-5-4-13(22(24)25)10-14(15)16(23)18-3/h4-5,10H,6-9H2,1-3H3,(H,18,23). The Hall–Kier alpha value is -2.68. The van der Waals surface area contributed by atoms with E-state index in [-0.39, 0.29) is 11.6 Å². The fourth-order valence-corrected chi connectivity index (χ4v) is 3.92. The maximum atomic E-state index is 12.2. The fraction of sp³-hybridized carbons (Fsp3) is 0.412. The first-order valence-electron chi connectivity index (χ1n) is 8.35. The highest BCUT2D eigenvalue weighted by atomic mass is 32.1. The number of hydrogen-bond acceptors (Lipinski definition) is 7. The molecule has 2 heterocycles. The van der Waals surface area contributed by atoms with Gasteiger partial charge in [0.25, 0.3) is 11.6 Å². The van der Waals surface area contributed by atoms with E-state index >= 15 is 0 Å². The van der Waals surface area contributed by atoms with Crippen molar-refractivity contribution in [3.8, 4) is 0 Å². The molecule has 1 fully saturated rings. The van der Waals surface area contributed by atoms with Gasteiger partial charge >= 0.3 is 0 Å². The summed E-state index contributed by atoms with van der Waals surface area (Å²) in [6.45, 7) is 7.10. The number of non-ortho nitro benzene ring substituents is 1. The quantitative estimate of drug-likeness (QED) is 0.651. The van der Waals surface area contributed by atoms with Crippen LogP contribution in [0.1, 0.15) is 20.9 Å². The van der Waals surface area contributed by atoms with Crippen molar-refractivity contribution in [2.24, 2.45) is 0 Å². The lowest BCUT2D eigenvalue weighted by Crippen LogP contribution is -2.47. The van der Waals surface area contributed by atoms with Crippen LogP contribution in [0.25, 0.3) is 0 Å². The second kappa shape index (κ2) is 7.28. The third kappa shape index (κ3) is 3.48. The maximum Gasteiger partial charge on any atom is 0.270 e. The van der Waals surface area contributed by atoms with Crippen LogP contribution in [0.3, 0.4) is 0 Å². The number of carbonyl (C=O) groups excluding carboxylic acids is 1. The summed E-state index contributed by atoms with van der Waals surface area (Å²) in [4.78, 5) is 32.9. The molecule has 1 aromatic carbocycles. The fourth-order valence-electron chi connectivity index (χ4n) is 2.96. The summed E-state index contributed by atoms with van der Waals surface area (Å²) < 4.78 is 0. The molecule has 138 valence electrons. The lowest BCUT2D eigenvalue weighted by Gasteiger charge is -2.36. The van der Waals surface area contributed by atoms with Crippen molar-refractivity contribution in [1.82, 2.24) is 10.3 Å². The number of aromatic nitrogens is 1. The van der Waals surface area contributed by atoms with Crippen molar-refractivity contribution < 1.29 is 9.72 Å². The molecule has 1 aliphatic rings. The number of benzene rings is 1. The van der Waals surface area contributed by atoms with Gasteiger partial charge in [0.15, 0.2) is 5.13 Å². The molecule has 0 saturated carbocycles. The van der Waals surface area contributed by atoms with Crippen molar-refractivity contribution in [1.29, 1.82) is 0 Å². The maximum absolute atomic E-state index is 12.2. The van der Waals surface area contributed by atoms with Crippen LogP contribution in [0.15, 0.2) is 18.2 Å². The van der Waals surface area contributed by atoms with E-state index in [0.29, 0.717) is 5.56 Å². The number of aryl methyl sites for hydroxylation is 2. The van der Waals surface area contributed by atoms with Crippen molar-refractivity contribution in [2.75, 3.05) is 43.0 Å². The van der Waals surface area contributed by atoms with Crippen LogP contribution in [0, 0.1) is 24.0 Å². The highest BCUT2D eigenvalue weighted by Crippen LogP contribution is 2.29. The third-order valence-electron chi connectivity index (χ3n) is 4.57. The number of piperazine rings is 1. The molecule has 3 rings (SSSR count). The van der Waals surface area contributed by atoms with E-state index in [1.807, 2.05) is 6.92 Å². The van der Waals surface area contributed by atoms with Crippen LogP contribution in [-0.2, 0) is 0 Å². The first-order valence-corrected chi connectivity index (χ1v) is 9.16. The largest absolute Gasteiger partial charge is 0.367 e. The topological polar surface area (TPSA) is 91.6 Å². The van der Waals surface area contributed by atoms with Gasteiger partial charge in [0.2, 0.25) is 0 Å². The second-order valence-electron chi connectivity index (χ2n) is 6.15. The smallest absolute Gasteiger partial charge is 0.270 e. The Morgan fingerprint density at radius 2 is 1.88 bits per heavy atom. The number of rotatable bonds is 4. The summed E-state index contributed by atoms with van der Waals surface area (Å²) in [7, 11) is 1.52. The zero-order valence-electron chi connectivity index (χ0n) is 15.0. The molecule has 0 bridgehead atoms. The molecule has 26 heavy (non-hydrogen) atoms. The van der Waals surface area contributed by atoms with Gasteiger partial charge in [0, 0.05) is 50.2 Å². The van der Waals surface area contributed by atoms with Crippen LogP contribution in [0.5, 0.6) is 0 Å². The van der Waals surface area contributed by atoms with E-state index < -0.39 is 4.92 Å². The summed E-state index contributed by atoms with van der Waals surface area (Å²) in [5.74, 6) is -0.322. The molecule has 1 amide bonds. The molecule has 0 unspecified atom stereocenters. The van der Waals surface area contributed by atoms with E-state index in [1.54, 1.807) is 17.4 Å². The number of nitrogens with one attached hydrogen (secondary N) is 1. The monoisotopic (exact) mass is 375 g/mol. The first kappa shape index (κ1) is 18.1. The predicted octanol–water partition coefficient (Wildman–Crippen LogP) is 2.35. The van der Waals surface area contributed by atoms with Crippen LogP contribution in [0.2, 0.25) is 0 Å². The first-order chi connectivity index (χ1) is 12.4. The summed E-state index contributed by atoms with van der Waals surface area (Å²) in [6.07, 6.45) is 0. The molecule has 1 N–H and O–H groups in total. The third-order valence-corrected chi connectivity index (χ3v) is 5.70. The van der Waals surface area contributed by atoms with E-state index in [9.17, 15) is 14.9 Å². The Labute approximate surface area is 155 Å². The van der Waals surface area contributed by atoms with Crippen molar-refractivity contribution in [3.05, 3.63) is 44.4 Å². The second-order valence-corrected chi connectivity index (χ2v) is 7.33. The number of amides is 1.